The molecule has 0 spiro atoms. The number of amides is 1. The van der Waals surface area contributed by atoms with Crippen LogP contribution in [0.5, 0.6) is 0 Å². The predicted octanol–water partition coefficient (Wildman–Crippen LogP) is 0.370. The lowest BCUT2D eigenvalue weighted by Crippen LogP contribution is -2.44. The number of nitriles is 1. The minimum absolute atomic E-state index is 0.335. The molecule has 1 amide bonds. The molecule has 1 unspecified atom stereocenters. The van der Waals surface area contributed by atoms with Crippen LogP contribution in [0.3, 0.4) is 0 Å². The van der Waals surface area contributed by atoms with Gasteiger partial charge in [-0.15, -0.1) is 0 Å². The largest absolute Gasteiger partial charge is 0.438 e. The molecule has 0 saturated heterocycles. The van der Waals surface area contributed by atoms with Gasteiger partial charge in [0, 0.05) is 0 Å². The number of esters is 1. The van der Waals surface area contributed by atoms with Gasteiger partial charge in [0.15, 0.2) is 0 Å². The first-order chi connectivity index (χ1) is 6.45. The van der Waals surface area contributed by atoms with Crippen molar-refractivity contribution in [2.45, 2.75) is 12.0 Å². The molecule has 1 rings (SSSR count). The molecule has 0 radical (unpaired) electrons. The molecule has 1 aliphatic heterocycles. The van der Waals surface area contributed by atoms with Crippen LogP contribution in [0.1, 0.15) is 6.42 Å². The van der Waals surface area contributed by atoms with E-state index in [1.807, 2.05) is 0 Å². The summed E-state index contributed by atoms with van der Waals surface area (Å²) >= 11 is 11.0. The van der Waals surface area contributed by atoms with Gasteiger partial charge in [-0.3, -0.25) is 4.79 Å². The van der Waals surface area contributed by atoms with Crippen molar-refractivity contribution in [2.75, 3.05) is 0 Å². The molecule has 0 bridgehead atoms. The molecule has 1 aliphatic rings. The zero-order valence-electron chi connectivity index (χ0n) is 6.71. The average Bonchev–Trinajstić information content (AvgIpc) is 2.32. The molecule has 1 atom stereocenters. The number of halogens is 2. The predicted molar refractivity (Wildman–Crippen MR) is 47.0 cm³/mol. The fourth-order valence-electron chi connectivity index (χ4n) is 0.985. The number of hydrogen-bond acceptors (Lipinski definition) is 4. The fourth-order valence-corrected chi connectivity index (χ4v) is 1.45. The van der Waals surface area contributed by atoms with Gasteiger partial charge >= 0.3 is 5.97 Å². The second kappa shape index (κ2) is 3.48. The zero-order chi connectivity index (χ0) is 10.9. The van der Waals surface area contributed by atoms with Gasteiger partial charge < -0.3 is 10.5 Å². The smallest absolute Gasteiger partial charge is 0.352 e. The van der Waals surface area contributed by atoms with Crippen LogP contribution >= 0.6 is 23.2 Å². The maximum Gasteiger partial charge on any atom is 0.352 e. The van der Waals surface area contributed by atoms with Gasteiger partial charge in [0.05, 0.1) is 17.5 Å². The molecule has 0 aliphatic carbocycles. The van der Waals surface area contributed by atoms with E-state index in [4.69, 9.17) is 34.2 Å². The highest BCUT2D eigenvalue weighted by Crippen LogP contribution is 2.39. The van der Waals surface area contributed by atoms with E-state index in [1.54, 1.807) is 6.07 Å². The van der Waals surface area contributed by atoms with E-state index in [2.05, 4.69) is 4.74 Å². The molecule has 0 aromatic rings. The van der Waals surface area contributed by atoms with E-state index in [0.717, 1.165) is 0 Å². The Morgan fingerprint density at radius 1 is 1.64 bits per heavy atom. The molecule has 5 nitrogen and oxygen atoms in total. The third kappa shape index (κ3) is 1.33. The Balaban J connectivity index is 3.24. The molecule has 0 saturated carbocycles. The first kappa shape index (κ1) is 10.8. The number of primary amides is 1. The Labute approximate surface area is 89.0 Å². The third-order valence-electron chi connectivity index (χ3n) is 1.72. The van der Waals surface area contributed by atoms with Gasteiger partial charge in [0.2, 0.25) is 5.60 Å². The van der Waals surface area contributed by atoms with Gasteiger partial charge in [-0.25, -0.2) is 4.79 Å². The van der Waals surface area contributed by atoms with Gasteiger partial charge in [0.25, 0.3) is 5.91 Å². The summed E-state index contributed by atoms with van der Waals surface area (Å²) in [7, 11) is 0. The topological polar surface area (TPSA) is 93.2 Å². The average molecular weight is 235 g/mol. The molecule has 7 heteroatoms. The van der Waals surface area contributed by atoms with Gasteiger partial charge in [-0.05, 0) is 0 Å². The summed E-state index contributed by atoms with van der Waals surface area (Å²) in [4.78, 5) is 22.0. The van der Waals surface area contributed by atoms with Crippen LogP contribution in [0.4, 0.5) is 0 Å². The summed E-state index contributed by atoms with van der Waals surface area (Å²) in [6.07, 6.45) is -0.455. The van der Waals surface area contributed by atoms with Crippen LogP contribution < -0.4 is 5.73 Å². The van der Waals surface area contributed by atoms with Crippen molar-refractivity contribution in [2.24, 2.45) is 5.73 Å². The second-order valence-electron chi connectivity index (χ2n) is 2.54. The first-order valence-corrected chi connectivity index (χ1v) is 4.17. The normalized spacial score (nSPS) is 25.9. The Bertz CT molecular complexity index is 385. The molecule has 0 aromatic carbocycles. The monoisotopic (exact) mass is 234 g/mol. The second-order valence-corrected chi connectivity index (χ2v) is 3.30. The summed E-state index contributed by atoms with van der Waals surface area (Å²) in [5.74, 6) is -1.97. The lowest BCUT2D eigenvalue weighted by molar-refractivity contribution is -0.154. The molecule has 1 heterocycles. The van der Waals surface area contributed by atoms with Crippen molar-refractivity contribution in [3.05, 3.63) is 10.1 Å². The Hall–Kier alpha value is -1.25. The van der Waals surface area contributed by atoms with Crippen LogP contribution in [0.2, 0.25) is 0 Å². The first-order valence-electron chi connectivity index (χ1n) is 3.41. The highest BCUT2D eigenvalue weighted by Gasteiger charge is 2.51. The highest BCUT2D eigenvalue weighted by molar-refractivity contribution is 6.50. The maximum atomic E-state index is 11.0. The van der Waals surface area contributed by atoms with Crippen LogP contribution in [0.25, 0.3) is 0 Å². The standard InChI is InChI=1S/C7H4Cl2N2O3/c8-3-4(9)7(1-2-10,6(11)13)14-5(3)12/h1H2,(H2,11,13). The molecule has 0 fully saturated rings. The fraction of sp³-hybridized carbons (Fsp3) is 0.286. The number of ether oxygens (including phenoxy) is 1. The summed E-state index contributed by atoms with van der Waals surface area (Å²) in [6.45, 7) is 0. The number of carbonyl (C=O) groups is 2. The summed E-state index contributed by atoms with van der Waals surface area (Å²) in [5.41, 5.74) is 3.08. The molecule has 2 N–H and O–H groups in total. The molecule has 74 valence electrons. The minimum atomic E-state index is -1.91. The Morgan fingerprint density at radius 3 is 2.50 bits per heavy atom. The molecular weight excluding hydrogens is 231 g/mol. The quantitative estimate of drug-likeness (QED) is 0.699. The van der Waals surface area contributed by atoms with E-state index >= 15 is 0 Å². The van der Waals surface area contributed by atoms with E-state index in [1.165, 1.54) is 0 Å². The summed E-state index contributed by atoms with van der Waals surface area (Å²) in [5, 5.41) is 7.71. The van der Waals surface area contributed by atoms with Crippen molar-refractivity contribution in [3.63, 3.8) is 0 Å². The lowest BCUT2D eigenvalue weighted by atomic mass is 10.00. The number of hydrogen-bond donors (Lipinski definition) is 1. The van der Waals surface area contributed by atoms with Gasteiger partial charge in [0.1, 0.15) is 5.03 Å². The Kier molecular flexibility index (Phi) is 2.69. The molecule has 0 aromatic heterocycles. The van der Waals surface area contributed by atoms with Crippen LogP contribution in [-0.2, 0) is 14.3 Å². The number of carbonyl (C=O) groups excluding carboxylic acids is 2. The van der Waals surface area contributed by atoms with Crippen molar-refractivity contribution >= 4 is 35.1 Å². The minimum Gasteiger partial charge on any atom is -0.438 e. The van der Waals surface area contributed by atoms with E-state index in [-0.39, 0.29) is 5.03 Å². The van der Waals surface area contributed by atoms with Crippen LogP contribution in [-0.4, -0.2) is 17.5 Å². The Morgan fingerprint density at radius 2 is 2.21 bits per heavy atom. The number of rotatable bonds is 2. The summed E-state index contributed by atoms with van der Waals surface area (Å²) < 4.78 is 4.60. The van der Waals surface area contributed by atoms with E-state index in [0.29, 0.717) is 0 Å². The van der Waals surface area contributed by atoms with Gasteiger partial charge in [-0.2, -0.15) is 5.26 Å². The number of nitrogens with zero attached hydrogens (tertiary/aromatic N) is 1. The van der Waals surface area contributed by atoms with E-state index in [9.17, 15) is 9.59 Å². The van der Waals surface area contributed by atoms with Gasteiger partial charge in [-0.1, -0.05) is 23.2 Å². The van der Waals surface area contributed by atoms with Crippen molar-refractivity contribution in [1.29, 1.82) is 5.26 Å². The summed E-state index contributed by atoms with van der Waals surface area (Å²) in [6, 6.07) is 1.65. The number of nitrogens with two attached hydrogens (primary N) is 1. The van der Waals surface area contributed by atoms with Crippen molar-refractivity contribution in [1.82, 2.24) is 0 Å². The van der Waals surface area contributed by atoms with Crippen molar-refractivity contribution in [3.8, 4) is 6.07 Å². The molecule has 14 heavy (non-hydrogen) atoms. The van der Waals surface area contributed by atoms with Crippen molar-refractivity contribution < 1.29 is 14.3 Å². The SMILES string of the molecule is N#CCC1(C(N)=O)OC(=O)C(Cl)=C1Cl. The van der Waals surface area contributed by atoms with Crippen LogP contribution in [0, 0.1) is 11.3 Å². The maximum absolute atomic E-state index is 11.0. The highest BCUT2D eigenvalue weighted by atomic mass is 35.5. The number of cyclic esters (lactones) is 1. The zero-order valence-corrected chi connectivity index (χ0v) is 8.22. The van der Waals surface area contributed by atoms with Crippen LogP contribution in [0.15, 0.2) is 10.1 Å². The van der Waals surface area contributed by atoms with E-state index < -0.39 is 28.9 Å². The molecular formula is C7H4Cl2N2O3. The lowest BCUT2D eigenvalue weighted by Gasteiger charge is -2.20. The third-order valence-corrected chi connectivity index (χ3v) is 2.65.